The Balaban J connectivity index is 1.31. The minimum atomic E-state index is -0.450. The summed E-state index contributed by atoms with van der Waals surface area (Å²) in [6, 6.07) is 6.62. The first-order chi connectivity index (χ1) is 13.6. The molecule has 0 aliphatic carbocycles. The molecule has 0 aromatic heterocycles. The Kier molecular flexibility index (Phi) is 5.95. The summed E-state index contributed by atoms with van der Waals surface area (Å²) in [6.45, 7) is 5.03. The van der Waals surface area contributed by atoms with Crippen molar-refractivity contribution in [1.82, 2.24) is 14.7 Å². The molecule has 6 heteroatoms. The molecule has 2 amide bonds. The van der Waals surface area contributed by atoms with E-state index in [0.29, 0.717) is 25.0 Å². The van der Waals surface area contributed by atoms with Crippen LogP contribution in [-0.2, 0) is 4.79 Å². The lowest BCUT2D eigenvalue weighted by Gasteiger charge is -2.42. The van der Waals surface area contributed by atoms with Crippen LogP contribution in [0.25, 0.3) is 0 Å². The predicted molar refractivity (Wildman–Crippen MR) is 105 cm³/mol. The highest BCUT2D eigenvalue weighted by Crippen LogP contribution is 2.26. The summed E-state index contributed by atoms with van der Waals surface area (Å²) in [5.41, 5.74) is 0.162. The molecule has 0 bridgehead atoms. The van der Waals surface area contributed by atoms with Crippen molar-refractivity contribution in [1.29, 1.82) is 0 Å². The van der Waals surface area contributed by atoms with Crippen LogP contribution >= 0.6 is 0 Å². The fraction of sp³-hybridized carbons (Fsp3) is 0.636. The van der Waals surface area contributed by atoms with Crippen LogP contribution in [0.2, 0.25) is 0 Å². The first-order valence-corrected chi connectivity index (χ1v) is 10.7. The Morgan fingerprint density at radius 3 is 2.29 bits per heavy atom. The molecule has 3 saturated heterocycles. The standard InChI is InChI=1S/C22H30FN3O2/c23-20-8-2-1-7-19(20)22(28)25-14-9-18(10-15-25)26-13-5-6-17(16-26)21(27)24-11-3-4-12-24/h1-2,7-8,17-18H,3-6,9-16H2/t17-/m0/s1. The number of hydrogen-bond donors (Lipinski definition) is 0. The number of nitrogens with zero attached hydrogens (tertiary/aromatic N) is 3. The third-order valence-corrected chi connectivity index (χ3v) is 6.59. The van der Waals surface area contributed by atoms with Crippen molar-refractivity contribution in [3.63, 3.8) is 0 Å². The van der Waals surface area contributed by atoms with Crippen LogP contribution in [0.15, 0.2) is 24.3 Å². The highest BCUT2D eigenvalue weighted by molar-refractivity contribution is 5.94. The Morgan fingerprint density at radius 1 is 0.857 bits per heavy atom. The molecular weight excluding hydrogens is 357 g/mol. The van der Waals surface area contributed by atoms with Gasteiger partial charge < -0.3 is 9.80 Å². The first-order valence-electron chi connectivity index (χ1n) is 10.7. The van der Waals surface area contributed by atoms with Gasteiger partial charge in [-0.2, -0.15) is 0 Å². The predicted octanol–water partition coefficient (Wildman–Crippen LogP) is 2.76. The van der Waals surface area contributed by atoms with Crippen LogP contribution in [0.3, 0.4) is 0 Å². The van der Waals surface area contributed by atoms with Crippen LogP contribution in [-0.4, -0.2) is 71.8 Å². The first kappa shape index (κ1) is 19.4. The highest BCUT2D eigenvalue weighted by Gasteiger charge is 2.35. The maximum atomic E-state index is 13.9. The van der Waals surface area contributed by atoms with Gasteiger partial charge in [0.25, 0.3) is 5.91 Å². The van der Waals surface area contributed by atoms with Crippen LogP contribution in [0, 0.1) is 11.7 Å². The zero-order valence-electron chi connectivity index (χ0n) is 16.5. The molecule has 0 spiro atoms. The molecular formula is C22H30FN3O2. The van der Waals surface area contributed by atoms with E-state index in [1.165, 1.54) is 6.07 Å². The second-order valence-electron chi connectivity index (χ2n) is 8.37. The minimum absolute atomic E-state index is 0.130. The van der Waals surface area contributed by atoms with Crippen LogP contribution in [0.5, 0.6) is 0 Å². The molecule has 0 N–H and O–H groups in total. The molecule has 1 atom stereocenters. The number of benzene rings is 1. The Labute approximate surface area is 166 Å². The monoisotopic (exact) mass is 387 g/mol. The smallest absolute Gasteiger partial charge is 0.256 e. The molecule has 0 radical (unpaired) electrons. The van der Waals surface area contributed by atoms with Crippen LogP contribution in [0.4, 0.5) is 4.39 Å². The lowest BCUT2D eigenvalue weighted by Crippen LogP contribution is -2.51. The Bertz CT molecular complexity index is 711. The fourth-order valence-electron chi connectivity index (χ4n) is 4.97. The summed E-state index contributed by atoms with van der Waals surface area (Å²) in [6.07, 6.45) is 6.12. The van der Waals surface area contributed by atoms with E-state index in [1.54, 1.807) is 23.1 Å². The van der Waals surface area contributed by atoms with Gasteiger partial charge in [0.1, 0.15) is 5.82 Å². The van der Waals surface area contributed by atoms with Crippen LogP contribution in [0.1, 0.15) is 48.9 Å². The van der Waals surface area contributed by atoms with Gasteiger partial charge in [0.15, 0.2) is 0 Å². The van der Waals surface area contributed by atoms with Gasteiger partial charge in [0, 0.05) is 38.8 Å². The molecule has 28 heavy (non-hydrogen) atoms. The van der Waals surface area contributed by atoms with Gasteiger partial charge in [0.05, 0.1) is 11.5 Å². The zero-order valence-corrected chi connectivity index (χ0v) is 16.5. The van der Waals surface area contributed by atoms with E-state index >= 15 is 0 Å². The van der Waals surface area contributed by atoms with Crippen molar-refractivity contribution >= 4 is 11.8 Å². The van der Waals surface area contributed by atoms with Gasteiger partial charge in [-0.05, 0) is 57.2 Å². The maximum absolute atomic E-state index is 13.9. The molecule has 3 aliphatic rings. The highest BCUT2D eigenvalue weighted by atomic mass is 19.1. The molecule has 0 unspecified atom stereocenters. The summed E-state index contributed by atoms with van der Waals surface area (Å²) in [7, 11) is 0. The molecule has 4 rings (SSSR count). The van der Waals surface area contributed by atoms with Gasteiger partial charge in [0.2, 0.25) is 5.91 Å². The topological polar surface area (TPSA) is 43.9 Å². The van der Waals surface area contributed by atoms with Crippen molar-refractivity contribution < 1.29 is 14.0 Å². The van der Waals surface area contributed by atoms with Gasteiger partial charge >= 0.3 is 0 Å². The van der Waals surface area contributed by atoms with Gasteiger partial charge in [-0.25, -0.2) is 4.39 Å². The molecule has 3 heterocycles. The number of hydrogen-bond acceptors (Lipinski definition) is 3. The van der Waals surface area contributed by atoms with Gasteiger partial charge in [-0.15, -0.1) is 0 Å². The Hall–Kier alpha value is -1.95. The van der Waals surface area contributed by atoms with E-state index in [2.05, 4.69) is 4.90 Å². The fourth-order valence-corrected chi connectivity index (χ4v) is 4.97. The van der Waals surface area contributed by atoms with Gasteiger partial charge in [-0.3, -0.25) is 14.5 Å². The third kappa shape index (κ3) is 4.07. The summed E-state index contributed by atoms with van der Waals surface area (Å²) < 4.78 is 13.9. The number of amides is 2. The van der Waals surface area contributed by atoms with E-state index in [4.69, 9.17) is 0 Å². The van der Waals surface area contributed by atoms with Crippen molar-refractivity contribution in [3.05, 3.63) is 35.6 Å². The molecule has 0 saturated carbocycles. The average molecular weight is 387 g/mol. The lowest BCUT2D eigenvalue weighted by molar-refractivity contribution is -0.136. The number of carbonyl (C=O) groups is 2. The Morgan fingerprint density at radius 2 is 1.57 bits per heavy atom. The summed E-state index contributed by atoms with van der Waals surface area (Å²) in [4.78, 5) is 31.7. The average Bonchev–Trinajstić information content (AvgIpc) is 3.28. The number of rotatable bonds is 3. The number of carbonyl (C=O) groups excluding carboxylic acids is 2. The minimum Gasteiger partial charge on any atom is -0.342 e. The van der Waals surface area contributed by atoms with E-state index in [1.807, 2.05) is 4.90 Å². The van der Waals surface area contributed by atoms with Gasteiger partial charge in [-0.1, -0.05) is 12.1 Å². The number of halogens is 1. The largest absolute Gasteiger partial charge is 0.342 e. The van der Waals surface area contributed by atoms with E-state index in [0.717, 1.165) is 64.7 Å². The molecule has 1 aromatic carbocycles. The molecule has 1 aromatic rings. The number of piperidine rings is 2. The molecule has 3 fully saturated rings. The zero-order chi connectivity index (χ0) is 19.5. The van der Waals surface area contributed by atoms with E-state index in [-0.39, 0.29) is 17.4 Å². The second-order valence-corrected chi connectivity index (χ2v) is 8.37. The number of likely N-dealkylation sites (tertiary alicyclic amines) is 3. The SMILES string of the molecule is O=C(c1ccccc1F)N1CCC(N2CCC[C@H](C(=O)N3CCCC3)C2)CC1. The van der Waals surface area contributed by atoms with Crippen molar-refractivity contribution in [2.45, 2.75) is 44.6 Å². The third-order valence-electron chi connectivity index (χ3n) is 6.59. The van der Waals surface area contributed by atoms with Crippen molar-refractivity contribution in [2.24, 2.45) is 5.92 Å². The van der Waals surface area contributed by atoms with Crippen LogP contribution < -0.4 is 0 Å². The summed E-state index contributed by atoms with van der Waals surface area (Å²) in [5.74, 6) is -0.189. The summed E-state index contributed by atoms with van der Waals surface area (Å²) in [5, 5.41) is 0. The lowest BCUT2D eigenvalue weighted by atomic mass is 9.92. The van der Waals surface area contributed by atoms with Crippen molar-refractivity contribution in [2.75, 3.05) is 39.3 Å². The van der Waals surface area contributed by atoms with Crippen molar-refractivity contribution in [3.8, 4) is 0 Å². The second kappa shape index (κ2) is 8.60. The maximum Gasteiger partial charge on any atom is 0.256 e. The summed E-state index contributed by atoms with van der Waals surface area (Å²) >= 11 is 0. The van der Waals surface area contributed by atoms with E-state index < -0.39 is 5.82 Å². The quantitative estimate of drug-likeness (QED) is 0.801. The molecule has 5 nitrogen and oxygen atoms in total. The molecule has 152 valence electrons. The molecule has 3 aliphatic heterocycles. The van der Waals surface area contributed by atoms with E-state index in [9.17, 15) is 14.0 Å². The normalized spacial score (nSPS) is 24.5.